The Kier molecular flexibility index (Phi) is 7.66. The molecular weight excluding hydrogens is 390 g/mol. The highest BCUT2D eigenvalue weighted by Crippen LogP contribution is 2.20. The van der Waals surface area contributed by atoms with Crippen LogP contribution in [0, 0.1) is 0 Å². The van der Waals surface area contributed by atoms with Crippen LogP contribution in [0.25, 0.3) is 0 Å². The minimum absolute atomic E-state index is 0.0353. The molecule has 0 spiro atoms. The van der Waals surface area contributed by atoms with E-state index in [4.69, 9.17) is 0 Å². The lowest BCUT2D eigenvalue weighted by Gasteiger charge is -2.11. The van der Waals surface area contributed by atoms with Crippen molar-refractivity contribution in [3.05, 3.63) is 24.3 Å². The molecule has 1 aromatic carbocycles. The lowest BCUT2D eigenvalue weighted by Crippen LogP contribution is -2.20. The normalized spacial score (nSPS) is 15.8. The first-order valence-electron chi connectivity index (χ1n) is 8.41. The zero-order valence-electron chi connectivity index (χ0n) is 15.3. The second kappa shape index (κ2) is 9.75. The Morgan fingerprint density at radius 1 is 1.37 bits per heavy atom. The van der Waals surface area contributed by atoms with Crippen molar-refractivity contribution < 1.29 is 22.7 Å². The van der Waals surface area contributed by atoms with Crippen LogP contribution in [0.15, 0.2) is 33.6 Å². The summed E-state index contributed by atoms with van der Waals surface area (Å²) in [5.74, 6) is 0.592. The van der Waals surface area contributed by atoms with Gasteiger partial charge in [-0.2, -0.15) is 8.42 Å². The number of likely N-dealkylation sites (tertiary alicyclic amines) is 1. The maximum Gasteiger partial charge on any atom is 0.315 e. The Morgan fingerprint density at radius 3 is 2.81 bits per heavy atom. The third kappa shape index (κ3) is 6.55. The Morgan fingerprint density at radius 2 is 2.15 bits per heavy atom. The number of rotatable bonds is 8. The molecule has 0 radical (unpaired) electrons. The van der Waals surface area contributed by atoms with Gasteiger partial charge in [-0.05, 0) is 24.6 Å². The molecule has 10 heteroatoms. The highest BCUT2D eigenvalue weighted by atomic mass is 32.2. The lowest BCUT2D eigenvalue weighted by atomic mass is 10.3. The Hall–Kier alpha value is -2.07. The number of amidine groups is 1. The molecule has 2 rings (SSSR count). The number of benzene rings is 1. The van der Waals surface area contributed by atoms with E-state index in [9.17, 15) is 18.0 Å². The largest absolute Gasteiger partial charge is 0.468 e. The van der Waals surface area contributed by atoms with Gasteiger partial charge in [0.25, 0.3) is 10.0 Å². The predicted molar refractivity (Wildman–Crippen MR) is 106 cm³/mol. The van der Waals surface area contributed by atoms with Gasteiger partial charge in [0, 0.05) is 37.9 Å². The maximum absolute atomic E-state index is 12.5. The number of sulfonamides is 1. The molecule has 1 saturated heterocycles. The molecule has 0 aliphatic carbocycles. The van der Waals surface area contributed by atoms with Crippen molar-refractivity contribution in [1.82, 2.24) is 4.90 Å². The third-order valence-electron chi connectivity index (χ3n) is 3.90. The molecule has 1 aromatic rings. The van der Waals surface area contributed by atoms with Crippen LogP contribution >= 0.6 is 11.8 Å². The number of carbonyl (C=O) groups is 2. The topological polar surface area (TPSA) is 105 Å². The van der Waals surface area contributed by atoms with Crippen molar-refractivity contribution in [2.75, 3.05) is 37.5 Å². The molecule has 1 amide bonds. The highest BCUT2D eigenvalue weighted by Gasteiger charge is 2.20. The lowest BCUT2D eigenvalue weighted by molar-refractivity contribution is -0.137. The van der Waals surface area contributed by atoms with Crippen LogP contribution in [0.1, 0.15) is 19.3 Å². The summed E-state index contributed by atoms with van der Waals surface area (Å²) >= 11 is 1.30. The molecule has 148 valence electrons. The first-order valence-corrected chi connectivity index (χ1v) is 11.0. The second-order valence-electron chi connectivity index (χ2n) is 5.96. The van der Waals surface area contributed by atoms with Crippen LogP contribution in [-0.2, 0) is 24.3 Å². The van der Waals surface area contributed by atoms with Gasteiger partial charge in [-0.3, -0.25) is 9.59 Å². The van der Waals surface area contributed by atoms with E-state index in [1.54, 1.807) is 12.1 Å². The summed E-state index contributed by atoms with van der Waals surface area (Å²) in [5, 5.41) is 2.67. The van der Waals surface area contributed by atoms with Crippen LogP contribution in [0.3, 0.4) is 0 Å². The van der Waals surface area contributed by atoms with E-state index in [0.29, 0.717) is 23.7 Å². The number of carbonyl (C=O) groups excluding carboxylic acids is 2. The van der Waals surface area contributed by atoms with E-state index in [0.717, 1.165) is 13.0 Å². The SMILES string of the molecule is COC(=O)CSCCC(=O)Nc1cccc(S(=O)(=O)/N=C2/CCCN2C)c1. The number of hydrogen-bond donors (Lipinski definition) is 1. The van der Waals surface area contributed by atoms with Crippen LogP contribution in [0.4, 0.5) is 5.69 Å². The number of esters is 1. The van der Waals surface area contributed by atoms with Crippen LogP contribution < -0.4 is 5.32 Å². The molecule has 8 nitrogen and oxygen atoms in total. The van der Waals surface area contributed by atoms with Gasteiger partial charge in [0.15, 0.2) is 0 Å². The van der Waals surface area contributed by atoms with Crippen LogP contribution in [-0.4, -0.2) is 63.2 Å². The Bertz CT molecular complexity index is 824. The van der Waals surface area contributed by atoms with E-state index in [1.165, 1.54) is 31.0 Å². The van der Waals surface area contributed by atoms with Crippen LogP contribution in [0.2, 0.25) is 0 Å². The number of methoxy groups -OCH3 is 1. The molecule has 0 aromatic heterocycles. The number of anilines is 1. The van der Waals surface area contributed by atoms with Gasteiger partial charge in [-0.1, -0.05) is 6.07 Å². The number of nitrogens with one attached hydrogen (secondary N) is 1. The Balaban J connectivity index is 1.96. The van der Waals surface area contributed by atoms with E-state index in [-0.39, 0.29) is 28.9 Å². The second-order valence-corrected chi connectivity index (χ2v) is 8.67. The first-order chi connectivity index (χ1) is 12.8. The summed E-state index contributed by atoms with van der Waals surface area (Å²) in [5.41, 5.74) is 0.388. The molecule has 1 N–H and O–H groups in total. The fraction of sp³-hybridized carbons (Fsp3) is 0.471. The van der Waals surface area contributed by atoms with Gasteiger partial charge >= 0.3 is 5.97 Å². The maximum atomic E-state index is 12.5. The smallest absolute Gasteiger partial charge is 0.315 e. The van der Waals surface area contributed by atoms with Gasteiger partial charge in [-0.25, -0.2) is 0 Å². The summed E-state index contributed by atoms with van der Waals surface area (Å²) < 4.78 is 33.4. The summed E-state index contributed by atoms with van der Waals surface area (Å²) in [4.78, 5) is 24.9. The summed E-state index contributed by atoms with van der Waals surface area (Å²) in [6.45, 7) is 0.790. The van der Waals surface area contributed by atoms with Crippen molar-refractivity contribution in [3.63, 3.8) is 0 Å². The zero-order chi connectivity index (χ0) is 19.9. The standard InChI is InChI=1S/C17H23N3O5S2/c1-20-9-4-7-15(20)19-27(23,24)14-6-3-5-13(11-14)18-16(21)8-10-26-12-17(22)25-2/h3,5-6,11H,4,7-10,12H2,1-2H3,(H,18,21)/b19-15-. The van der Waals surface area contributed by atoms with Gasteiger partial charge in [0.1, 0.15) is 5.84 Å². The number of nitrogens with zero attached hydrogens (tertiary/aromatic N) is 2. The van der Waals surface area contributed by atoms with Crippen molar-refractivity contribution in [3.8, 4) is 0 Å². The molecule has 1 aliphatic rings. The fourth-order valence-electron chi connectivity index (χ4n) is 2.44. The van der Waals surface area contributed by atoms with Crippen molar-refractivity contribution in [1.29, 1.82) is 0 Å². The Labute approximate surface area is 163 Å². The van der Waals surface area contributed by atoms with Crippen molar-refractivity contribution in [2.24, 2.45) is 4.40 Å². The quantitative estimate of drug-likeness (QED) is 0.511. The molecule has 0 atom stereocenters. The van der Waals surface area contributed by atoms with Gasteiger partial charge in [0.2, 0.25) is 5.91 Å². The first kappa shape index (κ1) is 21.2. The van der Waals surface area contributed by atoms with Gasteiger partial charge < -0.3 is 15.0 Å². The van der Waals surface area contributed by atoms with E-state index < -0.39 is 10.0 Å². The van der Waals surface area contributed by atoms with Crippen LogP contribution in [0.5, 0.6) is 0 Å². The van der Waals surface area contributed by atoms with E-state index >= 15 is 0 Å². The highest BCUT2D eigenvalue weighted by molar-refractivity contribution is 7.99. The monoisotopic (exact) mass is 413 g/mol. The molecule has 0 unspecified atom stereocenters. The molecule has 0 saturated carbocycles. The number of ether oxygens (including phenoxy) is 1. The van der Waals surface area contributed by atoms with Crippen molar-refractivity contribution in [2.45, 2.75) is 24.2 Å². The molecule has 1 heterocycles. The minimum Gasteiger partial charge on any atom is -0.468 e. The van der Waals surface area contributed by atoms with E-state index in [2.05, 4.69) is 14.5 Å². The molecule has 1 fully saturated rings. The third-order valence-corrected chi connectivity index (χ3v) is 6.13. The zero-order valence-corrected chi connectivity index (χ0v) is 16.9. The summed E-state index contributed by atoms with van der Waals surface area (Å²) in [7, 11) is -0.701. The summed E-state index contributed by atoms with van der Waals surface area (Å²) in [6.07, 6.45) is 1.72. The van der Waals surface area contributed by atoms with Gasteiger partial charge in [-0.15, -0.1) is 16.2 Å². The number of hydrogen-bond acceptors (Lipinski definition) is 6. The minimum atomic E-state index is -3.83. The fourth-order valence-corrected chi connectivity index (χ4v) is 4.34. The molecule has 1 aliphatic heterocycles. The van der Waals surface area contributed by atoms with Gasteiger partial charge in [0.05, 0.1) is 17.8 Å². The summed E-state index contributed by atoms with van der Waals surface area (Å²) in [6, 6.07) is 6.03. The predicted octanol–water partition coefficient (Wildman–Crippen LogP) is 1.73. The molecule has 0 bridgehead atoms. The average molecular weight is 414 g/mol. The van der Waals surface area contributed by atoms with E-state index in [1.807, 2.05) is 11.9 Å². The number of amides is 1. The number of thioether (sulfide) groups is 1. The average Bonchev–Trinajstić information content (AvgIpc) is 3.03. The molecule has 27 heavy (non-hydrogen) atoms. The molecular formula is C17H23N3O5S2. The van der Waals surface area contributed by atoms with Crippen molar-refractivity contribution >= 4 is 45.2 Å².